The van der Waals surface area contributed by atoms with Crippen LogP contribution in [0.5, 0.6) is 5.75 Å². The fraction of sp³-hybridized carbons (Fsp3) is 0.417. The van der Waals surface area contributed by atoms with E-state index in [0.717, 1.165) is 19.4 Å². The van der Waals surface area contributed by atoms with Gasteiger partial charge in [-0.15, -0.1) is 5.10 Å². The zero-order valence-electron chi connectivity index (χ0n) is 11.1. The number of aromatic nitrogens is 4. The van der Waals surface area contributed by atoms with Gasteiger partial charge in [-0.2, -0.15) is 0 Å². The summed E-state index contributed by atoms with van der Waals surface area (Å²) in [4.78, 5) is 10.2. The second-order valence-corrected chi connectivity index (χ2v) is 4.21. The highest BCUT2D eigenvalue weighted by Crippen LogP contribution is 2.19. The molecule has 0 saturated heterocycles. The maximum atomic E-state index is 10.7. The molecule has 0 aliphatic heterocycles. The van der Waals surface area contributed by atoms with Crippen LogP contribution in [0.15, 0.2) is 24.3 Å². The van der Waals surface area contributed by atoms with E-state index in [4.69, 9.17) is 4.74 Å². The van der Waals surface area contributed by atoms with Crippen LogP contribution in [0.3, 0.4) is 0 Å². The largest absolute Gasteiger partial charge is 0.485 e. The normalized spacial score (nSPS) is 10.4. The molecule has 20 heavy (non-hydrogen) atoms. The Bertz CT molecular complexity index is 584. The maximum Gasteiger partial charge on any atom is 0.273 e. The number of unbranched alkanes of at least 4 members (excludes halogenated alkanes) is 1. The number of ether oxygens (including phenoxy) is 1. The molecule has 0 amide bonds. The lowest BCUT2D eigenvalue weighted by Crippen LogP contribution is -2.09. The highest BCUT2D eigenvalue weighted by Gasteiger charge is 2.09. The van der Waals surface area contributed by atoms with E-state index in [2.05, 4.69) is 22.4 Å². The average Bonchev–Trinajstić information content (AvgIpc) is 2.90. The van der Waals surface area contributed by atoms with Crippen LogP contribution in [0, 0.1) is 10.1 Å². The number of non-ortho nitro benzene ring substituents is 1. The molecule has 2 aromatic rings. The summed E-state index contributed by atoms with van der Waals surface area (Å²) in [6.07, 6.45) is 2.03. The van der Waals surface area contributed by atoms with Crippen LogP contribution in [0.4, 0.5) is 5.69 Å². The van der Waals surface area contributed by atoms with Crippen LogP contribution < -0.4 is 4.74 Å². The molecule has 106 valence electrons. The van der Waals surface area contributed by atoms with Gasteiger partial charge in [-0.3, -0.25) is 10.1 Å². The van der Waals surface area contributed by atoms with E-state index in [1.54, 1.807) is 16.8 Å². The van der Waals surface area contributed by atoms with Crippen molar-refractivity contribution in [1.82, 2.24) is 20.2 Å². The summed E-state index contributed by atoms with van der Waals surface area (Å²) in [5.41, 5.74) is -0.00641. The molecule has 0 bridgehead atoms. The molecule has 0 aliphatic rings. The molecule has 0 fully saturated rings. The average molecular weight is 277 g/mol. The highest BCUT2D eigenvalue weighted by atomic mass is 16.6. The third kappa shape index (κ3) is 3.50. The number of rotatable bonds is 7. The zero-order valence-corrected chi connectivity index (χ0v) is 11.1. The molecule has 1 aromatic heterocycles. The Balaban J connectivity index is 2.00. The molecule has 0 N–H and O–H groups in total. The Morgan fingerprint density at radius 1 is 1.45 bits per heavy atom. The summed E-state index contributed by atoms with van der Waals surface area (Å²) < 4.78 is 7.18. The van der Waals surface area contributed by atoms with Crippen molar-refractivity contribution in [3.8, 4) is 5.75 Å². The van der Waals surface area contributed by atoms with Gasteiger partial charge in [0.05, 0.1) is 11.0 Å². The minimum absolute atomic E-state index is 0.00641. The fourth-order valence-corrected chi connectivity index (χ4v) is 1.64. The highest BCUT2D eigenvalue weighted by molar-refractivity contribution is 5.37. The Kier molecular flexibility index (Phi) is 4.59. The molecular weight excluding hydrogens is 262 g/mol. The van der Waals surface area contributed by atoms with Crippen molar-refractivity contribution >= 4 is 5.69 Å². The maximum absolute atomic E-state index is 10.7. The summed E-state index contributed by atoms with van der Waals surface area (Å²) in [5.74, 6) is 1.02. The SMILES string of the molecule is CCCCn1nnnc1COc1cccc([N+](=O)[O-])c1. The first-order chi connectivity index (χ1) is 9.70. The minimum Gasteiger partial charge on any atom is -0.485 e. The van der Waals surface area contributed by atoms with Gasteiger partial charge in [-0.1, -0.05) is 19.4 Å². The number of nitro groups is 1. The van der Waals surface area contributed by atoms with Crippen LogP contribution in [0.25, 0.3) is 0 Å². The van der Waals surface area contributed by atoms with Gasteiger partial charge in [0.1, 0.15) is 12.4 Å². The monoisotopic (exact) mass is 277 g/mol. The standard InChI is InChI=1S/C12H15N5O3/c1-2-3-7-16-12(13-14-15-16)9-20-11-6-4-5-10(8-11)17(18)19/h4-6,8H,2-3,7,9H2,1H3. The number of nitro benzene ring substituents is 1. The first-order valence-electron chi connectivity index (χ1n) is 6.33. The van der Waals surface area contributed by atoms with Crippen molar-refractivity contribution in [2.24, 2.45) is 0 Å². The van der Waals surface area contributed by atoms with E-state index >= 15 is 0 Å². The Morgan fingerprint density at radius 2 is 2.30 bits per heavy atom. The number of hydrogen-bond donors (Lipinski definition) is 0. The van der Waals surface area contributed by atoms with Gasteiger partial charge < -0.3 is 4.74 Å². The number of hydrogen-bond acceptors (Lipinski definition) is 6. The predicted octanol–water partition coefficient (Wildman–Crippen LogP) is 1.96. The van der Waals surface area contributed by atoms with Crippen LogP contribution in [-0.4, -0.2) is 25.1 Å². The molecule has 1 heterocycles. The summed E-state index contributed by atoms with van der Waals surface area (Å²) >= 11 is 0. The topological polar surface area (TPSA) is 96.0 Å². The van der Waals surface area contributed by atoms with Gasteiger partial charge in [0, 0.05) is 12.6 Å². The number of nitrogens with zero attached hydrogens (tertiary/aromatic N) is 5. The fourth-order valence-electron chi connectivity index (χ4n) is 1.64. The smallest absolute Gasteiger partial charge is 0.273 e. The summed E-state index contributed by atoms with van der Waals surface area (Å²) in [6, 6.07) is 6.03. The Hall–Kier alpha value is -2.51. The molecular formula is C12H15N5O3. The molecule has 8 heteroatoms. The van der Waals surface area contributed by atoms with E-state index in [-0.39, 0.29) is 12.3 Å². The lowest BCUT2D eigenvalue weighted by Gasteiger charge is -2.06. The quantitative estimate of drug-likeness (QED) is 0.567. The first kappa shape index (κ1) is 13.9. The van der Waals surface area contributed by atoms with Gasteiger partial charge in [0.15, 0.2) is 5.82 Å². The molecule has 0 unspecified atom stereocenters. The lowest BCUT2D eigenvalue weighted by atomic mass is 10.3. The Morgan fingerprint density at radius 3 is 3.05 bits per heavy atom. The van der Waals surface area contributed by atoms with E-state index in [1.807, 2.05) is 0 Å². The third-order valence-corrected chi connectivity index (χ3v) is 2.73. The van der Waals surface area contributed by atoms with Gasteiger partial charge >= 0.3 is 0 Å². The molecule has 0 saturated carbocycles. The van der Waals surface area contributed by atoms with E-state index in [1.165, 1.54) is 12.1 Å². The van der Waals surface area contributed by atoms with Crippen LogP contribution in [0.1, 0.15) is 25.6 Å². The van der Waals surface area contributed by atoms with Crippen LogP contribution in [0.2, 0.25) is 0 Å². The van der Waals surface area contributed by atoms with Gasteiger partial charge in [-0.05, 0) is 22.9 Å². The van der Waals surface area contributed by atoms with Gasteiger partial charge in [-0.25, -0.2) is 4.68 Å². The van der Waals surface area contributed by atoms with E-state index < -0.39 is 4.92 Å². The Labute approximate surface area is 115 Å². The molecule has 0 spiro atoms. The van der Waals surface area contributed by atoms with Crippen molar-refractivity contribution < 1.29 is 9.66 Å². The number of tetrazole rings is 1. The van der Waals surface area contributed by atoms with E-state index in [9.17, 15) is 10.1 Å². The summed E-state index contributed by atoms with van der Waals surface area (Å²) in [6.45, 7) is 3.00. The summed E-state index contributed by atoms with van der Waals surface area (Å²) in [7, 11) is 0. The molecule has 0 radical (unpaired) electrons. The molecule has 0 aliphatic carbocycles. The minimum atomic E-state index is -0.460. The van der Waals surface area contributed by atoms with Crippen molar-refractivity contribution in [3.05, 3.63) is 40.2 Å². The third-order valence-electron chi connectivity index (χ3n) is 2.73. The van der Waals surface area contributed by atoms with Gasteiger partial charge in [0.25, 0.3) is 5.69 Å². The predicted molar refractivity (Wildman–Crippen MR) is 70.2 cm³/mol. The van der Waals surface area contributed by atoms with Crippen LogP contribution in [-0.2, 0) is 13.2 Å². The number of aryl methyl sites for hydroxylation is 1. The van der Waals surface area contributed by atoms with Crippen molar-refractivity contribution in [1.29, 1.82) is 0 Å². The molecule has 2 rings (SSSR count). The van der Waals surface area contributed by atoms with Crippen molar-refractivity contribution in [2.45, 2.75) is 32.9 Å². The van der Waals surface area contributed by atoms with Crippen molar-refractivity contribution in [2.75, 3.05) is 0 Å². The first-order valence-corrected chi connectivity index (χ1v) is 6.33. The van der Waals surface area contributed by atoms with E-state index in [0.29, 0.717) is 11.6 Å². The lowest BCUT2D eigenvalue weighted by molar-refractivity contribution is -0.384. The molecule has 8 nitrogen and oxygen atoms in total. The molecule has 0 atom stereocenters. The second kappa shape index (κ2) is 6.60. The van der Waals surface area contributed by atoms with Crippen molar-refractivity contribution in [3.63, 3.8) is 0 Å². The zero-order chi connectivity index (χ0) is 14.4. The van der Waals surface area contributed by atoms with Gasteiger partial charge in [0.2, 0.25) is 0 Å². The molecule has 1 aromatic carbocycles. The van der Waals surface area contributed by atoms with Crippen LogP contribution >= 0.6 is 0 Å². The summed E-state index contributed by atoms with van der Waals surface area (Å²) in [5, 5.41) is 22.0. The second-order valence-electron chi connectivity index (χ2n) is 4.21. The number of benzene rings is 1.